The summed E-state index contributed by atoms with van der Waals surface area (Å²) >= 11 is 10.7. The second-order valence-corrected chi connectivity index (χ2v) is 3.44. The van der Waals surface area contributed by atoms with E-state index < -0.39 is 34.9 Å². The molecule has 0 saturated heterocycles. The number of hydrogen-bond donors (Lipinski definition) is 0. The minimum absolute atomic E-state index is 0.221. The normalized spacial score (nSPS) is 12.2. The van der Waals surface area contributed by atoms with Crippen molar-refractivity contribution in [3.05, 3.63) is 28.0 Å². The second kappa shape index (κ2) is 4.71. The lowest BCUT2D eigenvalue weighted by Gasteiger charge is -2.11. The number of rotatable bonds is 2. The van der Waals surface area contributed by atoms with E-state index in [2.05, 4.69) is 4.98 Å². The highest BCUT2D eigenvalue weighted by atomic mass is 35.5. The first-order chi connectivity index (χ1) is 7.27. The maximum absolute atomic E-state index is 12.4. The van der Waals surface area contributed by atoms with Gasteiger partial charge in [-0.3, -0.25) is 0 Å². The van der Waals surface area contributed by atoms with E-state index in [0.717, 1.165) is 0 Å². The number of nitrogens with zero attached hydrogens (tertiary/aromatic N) is 1. The molecule has 0 radical (unpaired) electrons. The van der Waals surface area contributed by atoms with Crippen LogP contribution in [0.25, 0.3) is 0 Å². The van der Waals surface area contributed by atoms with Gasteiger partial charge >= 0.3 is 6.18 Å². The first kappa shape index (κ1) is 13.4. The lowest BCUT2D eigenvalue weighted by molar-refractivity contribution is -0.141. The number of aromatic nitrogens is 1. The average molecular weight is 280 g/mol. The fourth-order valence-electron chi connectivity index (χ4n) is 0.991. The van der Waals surface area contributed by atoms with E-state index in [9.17, 15) is 22.0 Å². The van der Waals surface area contributed by atoms with Crippen LogP contribution in [0.5, 0.6) is 0 Å². The van der Waals surface area contributed by atoms with Crippen LogP contribution in [0.3, 0.4) is 0 Å². The number of pyridine rings is 1. The van der Waals surface area contributed by atoms with Gasteiger partial charge in [-0.05, 0) is 11.6 Å². The van der Waals surface area contributed by atoms with Gasteiger partial charge in [0, 0.05) is 5.88 Å². The standard InChI is InChI=1S/C8H4Cl2F5N/c9-2-3-1-4(8(13,14)15)16-6(5(3)10)7(11)12/h1,7H,2H2. The lowest BCUT2D eigenvalue weighted by atomic mass is 10.2. The number of hydrogen-bond acceptors (Lipinski definition) is 1. The molecule has 0 bridgehead atoms. The van der Waals surface area contributed by atoms with Gasteiger partial charge in [-0.1, -0.05) is 11.6 Å². The van der Waals surface area contributed by atoms with Crippen LogP contribution in [0.15, 0.2) is 6.07 Å². The van der Waals surface area contributed by atoms with Crippen LogP contribution in [0.2, 0.25) is 5.02 Å². The Balaban J connectivity index is 3.40. The summed E-state index contributed by atoms with van der Waals surface area (Å²) in [5.41, 5.74) is -2.75. The van der Waals surface area contributed by atoms with Gasteiger partial charge in [-0.15, -0.1) is 11.6 Å². The highest BCUT2D eigenvalue weighted by Crippen LogP contribution is 2.35. The molecule has 0 spiro atoms. The largest absolute Gasteiger partial charge is 0.433 e. The highest BCUT2D eigenvalue weighted by Gasteiger charge is 2.35. The van der Waals surface area contributed by atoms with Gasteiger partial charge in [0.1, 0.15) is 11.4 Å². The van der Waals surface area contributed by atoms with E-state index in [-0.39, 0.29) is 5.56 Å². The highest BCUT2D eigenvalue weighted by molar-refractivity contribution is 6.32. The third-order valence-electron chi connectivity index (χ3n) is 1.70. The molecule has 0 fully saturated rings. The van der Waals surface area contributed by atoms with Gasteiger partial charge < -0.3 is 0 Å². The first-order valence-corrected chi connectivity index (χ1v) is 4.79. The van der Waals surface area contributed by atoms with Crippen LogP contribution in [-0.4, -0.2) is 4.98 Å². The van der Waals surface area contributed by atoms with Crippen LogP contribution < -0.4 is 0 Å². The van der Waals surface area contributed by atoms with Crippen molar-refractivity contribution < 1.29 is 22.0 Å². The Morgan fingerprint density at radius 1 is 1.31 bits per heavy atom. The smallest absolute Gasteiger partial charge is 0.241 e. The fraction of sp³-hybridized carbons (Fsp3) is 0.375. The van der Waals surface area contributed by atoms with Crippen LogP contribution >= 0.6 is 23.2 Å². The molecule has 0 unspecified atom stereocenters. The Morgan fingerprint density at radius 2 is 1.88 bits per heavy atom. The summed E-state index contributed by atoms with van der Waals surface area (Å²) in [5.74, 6) is -0.399. The number of alkyl halides is 6. The molecule has 1 aromatic rings. The van der Waals surface area contributed by atoms with Crippen molar-refractivity contribution in [3.8, 4) is 0 Å². The Bertz CT molecular complexity index is 391. The summed E-state index contributed by atoms with van der Waals surface area (Å²) in [6, 6.07) is 0.557. The third kappa shape index (κ3) is 2.74. The van der Waals surface area contributed by atoms with Crippen LogP contribution in [-0.2, 0) is 12.1 Å². The SMILES string of the molecule is FC(F)c1nc(C(F)(F)F)cc(CCl)c1Cl. The molecule has 1 aromatic heterocycles. The maximum Gasteiger partial charge on any atom is 0.433 e. The van der Waals surface area contributed by atoms with Gasteiger partial charge in [0.15, 0.2) is 0 Å². The van der Waals surface area contributed by atoms with Gasteiger partial charge in [0.2, 0.25) is 0 Å². The van der Waals surface area contributed by atoms with Crippen molar-refractivity contribution in [2.75, 3.05) is 0 Å². The molecule has 0 aliphatic rings. The van der Waals surface area contributed by atoms with Crippen molar-refractivity contribution in [3.63, 3.8) is 0 Å². The molecular weight excluding hydrogens is 276 g/mol. The third-order valence-corrected chi connectivity index (χ3v) is 2.42. The summed E-state index contributed by atoms with van der Waals surface area (Å²) < 4.78 is 61.6. The summed E-state index contributed by atoms with van der Waals surface area (Å²) in [4.78, 5) is 2.79. The molecule has 90 valence electrons. The monoisotopic (exact) mass is 279 g/mol. The average Bonchev–Trinajstić information content (AvgIpc) is 2.15. The minimum atomic E-state index is -4.81. The van der Waals surface area contributed by atoms with Crippen LogP contribution in [0.4, 0.5) is 22.0 Å². The summed E-state index contributed by atoms with van der Waals surface area (Å²) in [5, 5.41) is -0.530. The van der Waals surface area contributed by atoms with E-state index in [4.69, 9.17) is 23.2 Å². The molecule has 8 heteroatoms. The van der Waals surface area contributed by atoms with E-state index in [1.54, 1.807) is 0 Å². The number of halogens is 7. The zero-order valence-corrected chi connectivity index (χ0v) is 8.97. The molecule has 0 aliphatic carbocycles. The van der Waals surface area contributed by atoms with Crippen molar-refractivity contribution in [1.29, 1.82) is 0 Å². The summed E-state index contributed by atoms with van der Waals surface area (Å²) in [6.07, 6.45) is -7.99. The molecule has 0 saturated carbocycles. The molecule has 1 heterocycles. The molecule has 1 nitrogen and oxygen atoms in total. The zero-order chi connectivity index (χ0) is 12.5. The zero-order valence-electron chi connectivity index (χ0n) is 7.45. The minimum Gasteiger partial charge on any atom is -0.241 e. The van der Waals surface area contributed by atoms with Gasteiger partial charge in [-0.2, -0.15) is 13.2 Å². The van der Waals surface area contributed by atoms with E-state index in [1.807, 2.05) is 0 Å². The van der Waals surface area contributed by atoms with Crippen LogP contribution in [0.1, 0.15) is 23.4 Å². The predicted octanol–water partition coefficient (Wildman–Crippen LogP) is 4.43. The van der Waals surface area contributed by atoms with Crippen molar-refractivity contribution >= 4 is 23.2 Å². The van der Waals surface area contributed by atoms with E-state index >= 15 is 0 Å². The van der Waals surface area contributed by atoms with Gasteiger partial charge in [-0.25, -0.2) is 13.8 Å². The Labute approximate surface area is 97.2 Å². The van der Waals surface area contributed by atoms with Crippen molar-refractivity contribution in [2.24, 2.45) is 0 Å². The molecule has 0 N–H and O–H groups in total. The molecule has 0 atom stereocenters. The predicted molar refractivity (Wildman–Crippen MR) is 48.8 cm³/mol. The Hall–Kier alpha value is -0.620. The Morgan fingerprint density at radius 3 is 2.25 bits per heavy atom. The molecule has 0 aromatic carbocycles. The summed E-state index contributed by atoms with van der Waals surface area (Å²) in [6.45, 7) is 0. The topological polar surface area (TPSA) is 12.9 Å². The summed E-state index contributed by atoms with van der Waals surface area (Å²) in [7, 11) is 0. The second-order valence-electron chi connectivity index (χ2n) is 2.80. The molecule has 0 amide bonds. The van der Waals surface area contributed by atoms with Crippen LogP contribution in [0, 0.1) is 0 Å². The molecular formula is C8H4Cl2F5N. The molecule has 0 aliphatic heterocycles. The van der Waals surface area contributed by atoms with Crippen molar-refractivity contribution in [1.82, 2.24) is 4.98 Å². The van der Waals surface area contributed by atoms with E-state index in [0.29, 0.717) is 6.07 Å². The fourth-order valence-corrected chi connectivity index (χ4v) is 1.52. The van der Waals surface area contributed by atoms with Gasteiger partial charge in [0.05, 0.1) is 5.02 Å². The van der Waals surface area contributed by atoms with E-state index in [1.165, 1.54) is 0 Å². The van der Waals surface area contributed by atoms with Gasteiger partial charge in [0.25, 0.3) is 6.43 Å². The first-order valence-electron chi connectivity index (χ1n) is 3.88. The molecule has 16 heavy (non-hydrogen) atoms. The lowest BCUT2D eigenvalue weighted by Crippen LogP contribution is -2.11. The van der Waals surface area contributed by atoms with Crippen molar-refractivity contribution in [2.45, 2.75) is 18.5 Å². The maximum atomic E-state index is 12.4. The Kier molecular flexibility index (Phi) is 3.96. The quantitative estimate of drug-likeness (QED) is 0.576. The molecule has 1 rings (SSSR count).